The number of thiophene rings is 1. The van der Waals surface area contributed by atoms with Gasteiger partial charge in [0.2, 0.25) is 0 Å². The minimum Gasteiger partial charge on any atom is -0.469 e. The van der Waals surface area contributed by atoms with Crippen molar-refractivity contribution in [1.29, 1.82) is 0 Å². The highest BCUT2D eigenvalue weighted by Gasteiger charge is 2.20. The van der Waals surface area contributed by atoms with E-state index in [2.05, 4.69) is 32.6 Å². The third kappa shape index (κ3) is 6.17. The molecule has 0 atom stereocenters. The summed E-state index contributed by atoms with van der Waals surface area (Å²) in [6, 6.07) is 8.23. The van der Waals surface area contributed by atoms with Crippen LogP contribution >= 0.6 is 35.3 Å². The average molecular weight is 490 g/mol. The van der Waals surface area contributed by atoms with Crippen molar-refractivity contribution < 1.29 is 9.15 Å². The first-order valence-corrected chi connectivity index (χ1v) is 9.58. The first-order chi connectivity index (χ1) is 12.4. The fourth-order valence-corrected chi connectivity index (χ4v) is 3.64. The molecule has 0 bridgehead atoms. The number of guanidine groups is 1. The number of aliphatic imine (C=N–C) groups is 1. The standard InChI is InChI=1S/C18H26N4O2S.HI/c1-23-14-8-20-18(19-7-6-16-4-2-13-24-16)22-11-9-21(10-12-22)17-5-3-15-25-17;/h2-5,13,15H,6-12,14H2,1H3,(H,19,20);1H. The Morgan fingerprint density at radius 1 is 1.27 bits per heavy atom. The van der Waals surface area contributed by atoms with Gasteiger partial charge in [0, 0.05) is 46.3 Å². The predicted octanol–water partition coefficient (Wildman–Crippen LogP) is 2.92. The number of hydrogen-bond donors (Lipinski definition) is 1. The molecule has 1 fully saturated rings. The van der Waals surface area contributed by atoms with Crippen LogP contribution in [-0.2, 0) is 11.2 Å². The minimum atomic E-state index is 0. The number of nitrogens with one attached hydrogen (secondary N) is 1. The van der Waals surface area contributed by atoms with Gasteiger partial charge in [0.15, 0.2) is 5.96 Å². The number of nitrogens with zero attached hydrogens (tertiary/aromatic N) is 3. The fourth-order valence-electron chi connectivity index (χ4n) is 2.85. The summed E-state index contributed by atoms with van der Waals surface area (Å²) in [5.41, 5.74) is 0. The van der Waals surface area contributed by atoms with Crippen LogP contribution in [0.1, 0.15) is 5.76 Å². The molecule has 26 heavy (non-hydrogen) atoms. The Morgan fingerprint density at radius 3 is 2.77 bits per heavy atom. The number of ether oxygens (including phenoxy) is 1. The van der Waals surface area contributed by atoms with E-state index >= 15 is 0 Å². The van der Waals surface area contributed by atoms with Crippen molar-refractivity contribution in [2.24, 2.45) is 4.99 Å². The van der Waals surface area contributed by atoms with Gasteiger partial charge in [-0.25, -0.2) is 0 Å². The first kappa shape index (κ1) is 21.0. The van der Waals surface area contributed by atoms with Crippen LogP contribution in [0.4, 0.5) is 5.00 Å². The molecular weight excluding hydrogens is 463 g/mol. The van der Waals surface area contributed by atoms with Gasteiger partial charge in [-0.05, 0) is 29.6 Å². The summed E-state index contributed by atoms with van der Waals surface area (Å²) >= 11 is 1.80. The van der Waals surface area contributed by atoms with Crippen molar-refractivity contribution in [3.8, 4) is 0 Å². The van der Waals surface area contributed by atoms with E-state index in [4.69, 9.17) is 14.1 Å². The molecule has 8 heteroatoms. The molecule has 3 heterocycles. The van der Waals surface area contributed by atoms with Crippen molar-refractivity contribution in [1.82, 2.24) is 10.2 Å². The Bertz CT molecular complexity index is 626. The Balaban J connectivity index is 0.00000243. The minimum absolute atomic E-state index is 0. The number of piperazine rings is 1. The van der Waals surface area contributed by atoms with Crippen LogP contribution in [-0.4, -0.2) is 63.8 Å². The van der Waals surface area contributed by atoms with E-state index in [0.717, 1.165) is 50.9 Å². The topological polar surface area (TPSA) is 53.2 Å². The quantitative estimate of drug-likeness (QED) is 0.280. The van der Waals surface area contributed by atoms with Crippen molar-refractivity contribution in [2.75, 3.05) is 57.9 Å². The number of furan rings is 1. The zero-order valence-corrected chi connectivity index (χ0v) is 18.2. The molecule has 0 aliphatic carbocycles. The number of hydrogen-bond acceptors (Lipinski definition) is 5. The maximum Gasteiger partial charge on any atom is 0.194 e. The van der Waals surface area contributed by atoms with Crippen LogP contribution in [0.5, 0.6) is 0 Å². The van der Waals surface area contributed by atoms with Gasteiger partial charge < -0.3 is 24.3 Å². The summed E-state index contributed by atoms with van der Waals surface area (Å²) in [6.07, 6.45) is 2.57. The van der Waals surface area contributed by atoms with Crippen LogP contribution in [0, 0.1) is 0 Å². The molecule has 2 aromatic rings. The summed E-state index contributed by atoms with van der Waals surface area (Å²) < 4.78 is 10.5. The van der Waals surface area contributed by atoms with Crippen LogP contribution in [0.2, 0.25) is 0 Å². The predicted molar refractivity (Wildman–Crippen MR) is 118 cm³/mol. The average Bonchev–Trinajstić information content (AvgIpc) is 3.35. The van der Waals surface area contributed by atoms with Crippen LogP contribution in [0.15, 0.2) is 45.3 Å². The second kappa shape index (κ2) is 11.5. The van der Waals surface area contributed by atoms with E-state index in [1.165, 1.54) is 5.00 Å². The van der Waals surface area contributed by atoms with Gasteiger partial charge in [-0.1, -0.05) is 0 Å². The molecule has 1 aliphatic heterocycles. The smallest absolute Gasteiger partial charge is 0.194 e. The van der Waals surface area contributed by atoms with Crippen molar-refractivity contribution in [3.05, 3.63) is 41.7 Å². The Hall–Kier alpha value is -1.26. The van der Waals surface area contributed by atoms with E-state index < -0.39 is 0 Å². The number of rotatable bonds is 7. The summed E-state index contributed by atoms with van der Waals surface area (Å²) in [5, 5.41) is 6.97. The second-order valence-corrected chi connectivity index (χ2v) is 6.81. The van der Waals surface area contributed by atoms with Gasteiger partial charge in [-0.3, -0.25) is 4.99 Å². The van der Waals surface area contributed by atoms with Gasteiger partial charge in [-0.2, -0.15) is 0 Å². The van der Waals surface area contributed by atoms with Gasteiger partial charge in [-0.15, -0.1) is 35.3 Å². The summed E-state index contributed by atoms with van der Waals surface area (Å²) in [5.74, 6) is 1.96. The molecule has 1 saturated heterocycles. The normalized spacial score (nSPS) is 15.0. The zero-order valence-electron chi connectivity index (χ0n) is 15.1. The van der Waals surface area contributed by atoms with Crippen LogP contribution in [0.25, 0.3) is 0 Å². The largest absolute Gasteiger partial charge is 0.469 e. The highest BCUT2D eigenvalue weighted by atomic mass is 127. The van der Waals surface area contributed by atoms with Gasteiger partial charge >= 0.3 is 0 Å². The molecule has 3 rings (SSSR count). The lowest BCUT2D eigenvalue weighted by Crippen LogP contribution is -2.52. The molecule has 6 nitrogen and oxygen atoms in total. The Morgan fingerprint density at radius 2 is 2.12 bits per heavy atom. The van der Waals surface area contributed by atoms with E-state index in [9.17, 15) is 0 Å². The second-order valence-electron chi connectivity index (χ2n) is 5.88. The van der Waals surface area contributed by atoms with Crippen molar-refractivity contribution in [2.45, 2.75) is 6.42 Å². The maximum absolute atomic E-state index is 5.40. The molecule has 0 spiro atoms. The third-order valence-electron chi connectivity index (χ3n) is 4.19. The van der Waals surface area contributed by atoms with Crippen molar-refractivity contribution in [3.63, 3.8) is 0 Å². The highest BCUT2D eigenvalue weighted by Crippen LogP contribution is 2.22. The zero-order chi connectivity index (χ0) is 17.3. The van der Waals surface area contributed by atoms with E-state index in [1.807, 2.05) is 12.1 Å². The summed E-state index contributed by atoms with van der Waals surface area (Å²) in [4.78, 5) is 9.48. The lowest BCUT2D eigenvalue weighted by atomic mass is 10.3. The fraction of sp³-hybridized carbons (Fsp3) is 0.500. The molecule has 1 aliphatic rings. The number of methoxy groups -OCH3 is 1. The summed E-state index contributed by atoms with van der Waals surface area (Å²) in [6.45, 7) is 6.09. The van der Waals surface area contributed by atoms with E-state index in [1.54, 1.807) is 24.7 Å². The van der Waals surface area contributed by atoms with Crippen molar-refractivity contribution >= 4 is 46.3 Å². The molecule has 1 N–H and O–H groups in total. The third-order valence-corrected chi connectivity index (χ3v) is 5.12. The van der Waals surface area contributed by atoms with Gasteiger partial charge in [0.25, 0.3) is 0 Å². The van der Waals surface area contributed by atoms with Crippen LogP contribution < -0.4 is 10.2 Å². The van der Waals surface area contributed by atoms with E-state index in [-0.39, 0.29) is 24.0 Å². The molecule has 144 valence electrons. The first-order valence-electron chi connectivity index (χ1n) is 8.70. The molecule has 0 radical (unpaired) electrons. The molecule has 0 amide bonds. The van der Waals surface area contributed by atoms with Gasteiger partial charge in [0.1, 0.15) is 5.76 Å². The number of anilines is 1. The molecule has 0 saturated carbocycles. The Labute approximate surface area is 176 Å². The number of halogens is 1. The van der Waals surface area contributed by atoms with Crippen LogP contribution in [0.3, 0.4) is 0 Å². The maximum atomic E-state index is 5.40. The van der Waals surface area contributed by atoms with Gasteiger partial charge in [0.05, 0.1) is 24.4 Å². The molecule has 2 aromatic heterocycles. The lowest BCUT2D eigenvalue weighted by Gasteiger charge is -2.37. The molecule has 0 unspecified atom stereocenters. The Kier molecular flexibility index (Phi) is 9.27. The molecular formula is C18H27IN4O2S. The lowest BCUT2D eigenvalue weighted by molar-refractivity contribution is 0.207. The monoisotopic (exact) mass is 490 g/mol. The van der Waals surface area contributed by atoms with E-state index in [0.29, 0.717) is 13.2 Å². The SMILES string of the molecule is COCCN=C(NCCc1ccco1)N1CCN(c2cccs2)CC1.I. The highest BCUT2D eigenvalue weighted by molar-refractivity contribution is 14.0. The molecule has 0 aromatic carbocycles. The summed E-state index contributed by atoms with van der Waals surface area (Å²) in [7, 11) is 1.71.